The highest BCUT2D eigenvalue weighted by Gasteiger charge is 2.35. The Hall–Kier alpha value is -2.02. The van der Waals surface area contributed by atoms with E-state index in [0.717, 1.165) is 0 Å². The molecule has 18 heavy (non-hydrogen) atoms. The summed E-state index contributed by atoms with van der Waals surface area (Å²) in [6.45, 7) is 2.17. The van der Waals surface area contributed by atoms with E-state index in [2.05, 4.69) is 20.6 Å². The zero-order chi connectivity index (χ0) is 13.0. The van der Waals surface area contributed by atoms with Gasteiger partial charge in [0.05, 0.1) is 6.61 Å². The van der Waals surface area contributed by atoms with Crippen molar-refractivity contribution in [3.63, 3.8) is 0 Å². The largest absolute Gasteiger partial charge is 0.465 e. The van der Waals surface area contributed by atoms with Gasteiger partial charge in [-0.1, -0.05) is 0 Å². The molecule has 96 valence electrons. The molecule has 1 aliphatic rings. The quantitative estimate of drug-likeness (QED) is 0.548. The number of carbonyl (C=O) groups excluding carboxylic acids is 2. The number of esters is 1. The lowest BCUT2D eigenvalue weighted by molar-refractivity contribution is -0.153. The molecule has 0 bridgehead atoms. The van der Waals surface area contributed by atoms with Crippen molar-refractivity contribution in [1.82, 2.24) is 20.6 Å². The van der Waals surface area contributed by atoms with Crippen LogP contribution >= 0.6 is 0 Å². The van der Waals surface area contributed by atoms with Crippen LogP contribution in [0.2, 0.25) is 0 Å². The smallest absolute Gasteiger partial charge is 0.319 e. The highest BCUT2D eigenvalue weighted by atomic mass is 16.5. The van der Waals surface area contributed by atoms with Crippen LogP contribution in [0.25, 0.3) is 0 Å². The van der Waals surface area contributed by atoms with Gasteiger partial charge in [0.2, 0.25) is 5.91 Å². The Morgan fingerprint density at radius 1 is 1.50 bits per heavy atom. The number of nitrogens with zero attached hydrogens (tertiary/aromatic N) is 2. The number of hydrogen-bond donors (Lipinski definition) is 2. The standard InChI is InChI=1S/C11H14N4O3/c1-2-18-11(17)7-6-14-9(15-10(7)16)8-12-4-3-5-13-8/h3-5,7,9,14H,2,6H2,1H3,(H,15,16). The third kappa shape index (κ3) is 2.62. The molecule has 2 atom stereocenters. The van der Waals surface area contributed by atoms with Crippen molar-refractivity contribution < 1.29 is 14.3 Å². The van der Waals surface area contributed by atoms with E-state index in [0.29, 0.717) is 5.82 Å². The SMILES string of the molecule is CCOC(=O)C1CNC(c2ncccn2)NC1=O. The van der Waals surface area contributed by atoms with E-state index in [4.69, 9.17) is 4.74 Å². The first-order valence-corrected chi connectivity index (χ1v) is 5.69. The molecule has 1 fully saturated rings. The average Bonchev–Trinajstić information content (AvgIpc) is 2.40. The molecular formula is C11H14N4O3. The Morgan fingerprint density at radius 3 is 2.83 bits per heavy atom. The minimum Gasteiger partial charge on any atom is -0.465 e. The summed E-state index contributed by atoms with van der Waals surface area (Å²) < 4.78 is 4.82. The zero-order valence-electron chi connectivity index (χ0n) is 9.92. The number of rotatable bonds is 3. The van der Waals surface area contributed by atoms with Gasteiger partial charge in [-0.25, -0.2) is 9.97 Å². The number of nitrogens with one attached hydrogen (secondary N) is 2. The van der Waals surface area contributed by atoms with Crippen molar-refractivity contribution in [3.05, 3.63) is 24.3 Å². The monoisotopic (exact) mass is 250 g/mol. The van der Waals surface area contributed by atoms with Gasteiger partial charge in [0.25, 0.3) is 0 Å². The second-order valence-corrected chi connectivity index (χ2v) is 3.76. The number of ether oxygens (including phenoxy) is 1. The first-order chi connectivity index (χ1) is 8.72. The molecule has 2 unspecified atom stereocenters. The zero-order valence-corrected chi connectivity index (χ0v) is 9.92. The van der Waals surface area contributed by atoms with Crippen LogP contribution in [0.1, 0.15) is 18.9 Å². The van der Waals surface area contributed by atoms with Gasteiger partial charge in [0.15, 0.2) is 5.82 Å². The molecule has 1 aromatic rings. The molecule has 0 aromatic carbocycles. The summed E-state index contributed by atoms with van der Waals surface area (Å²) in [6.07, 6.45) is 2.71. The summed E-state index contributed by atoms with van der Waals surface area (Å²) in [5, 5.41) is 5.64. The average molecular weight is 250 g/mol. The van der Waals surface area contributed by atoms with Gasteiger partial charge in [0.1, 0.15) is 12.1 Å². The maximum atomic E-state index is 11.8. The van der Waals surface area contributed by atoms with E-state index in [1.54, 1.807) is 25.4 Å². The minimum absolute atomic E-state index is 0.216. The number of hydrogen-bond acceptors (Lipinski definition) is 6. The molecule has 1 aromatic heterocycles. The molecule has 1 saturated heterocycles. The van der Waals surface area contributed by atoms with Gasteiger partial charge in [-0.2, -0.15) is 0 Å². The lowest BCUT2D eigenvalue weighted by atomic mass is 10.1. The first-order valence-electron chi connectivity index (χ1n) is 5.69. The normalized spacial score (nSPS) is 23.3. The van der Waals surface area contributed by atoms with Gasteiger partial charge in [0, 0.05) is 18.9 Å². The molecule has 1 amide bonds. The van der Waals surface area contributed by atoms with Crippen molar-refractivity contribution in [3.8, 4) is 0 Å². The highest BCUT2D eigenvalue weighted by molar-refractivity contribution is 5.98. The second-order valence-electron chi connectivity index (χ2n) is 3.76. The molecule has 0 spiro atoms. The third-order valence-electron chi connectivity index (χ3n) is 2.54. The van der Waals surface area contributed by atoms with E-state index in [1.165, 1.54) is 0 Å². The van der Waals surface area contributed by atoms with Crippen molar-refractivity contribution >= 4 is 11.9 Å². The Kier molecular flexibility index (Phi) is 3.83. The molecule has 7 heteroatoms. The molecule has 7 nitrogen and oxygen atoms in total. The Bertz CT molecular complexity index is 437. The summed E-state index contributed by atoms with van der Waals surface area (Å²) in [6, 6.07) is 1.69. The van der Waals surface area contributed by atoms with Gasteiger partial charge >= 0.3 is 5.97 Å². The summed E-state index contributed by atoms with van der Waals surface area (Å²) in [5.74, 6) is -1.24. The number of amides is 1. The fourth-order valence-corrected chi connectivity index (χ4v) is 1.67. The lowest BCUT2D eigenvalue weighted by Gasteiger charge is -2.28. The van der Waals surface area contributed by atoms with Crippen LogP contribution in [0.15, 0.2) is 18.5 Å². The minimum atomic E-state index is -0.815. The topological polar surface area (TPSA) is 93.2 Å². The second kappa shape index (κ2) is 5.54. The maximum Gasteiger partial charge on any atom is 0.319 e. The third-order valence-corrected chi connectivity index (χ3v) is 2.54. The number of aromatic nitrogens is 2. The predicted octanol–water partition coefficient (Wildman–Crippen LogP) is -0.626. The van der Waals surface area contributed by atoms with Crippen LogP contribution in [-0.2, 0) is 14.3 Å². The maximum absolute atomic E-state index is 11.8. The van der Waals surface area contributed by atoms with Gasteiger partial charge < -0.3 is 10.1 Å². The molecule has 2 N–H and O–H groups in total. The van der Waals surface area contributed by atoms with Crippen molar-refractivity contribution in [2.24, 2.45) is 5.92 Å². The molecule has 0 radical (unpaired) electrons. The van der Waals surface area contributed by atoms with E-state index in [9.17, 15) is 9.59 Å². The summed E-state index contributed by atoms with van der Waals surface area (Å²) in [5.41, 5.74) is 0. The Morgan fingerprint density at radius 2 is 2.22 bits per heavy atom. The van der Waals surface area contributed by atoms with E-state index >= 15 is 0 Å². The van der Waals surface area contributed by atoms with Crippen LogP contribution in [0, 0.1) is 5.92 Å². The highest BCUT2D eigenvalue weighted by Crippen LogP contribution is 2.12. The van der Waals surface area contributed by atoms with Crippen LogP contribution < -0.4 is 10.6 Å². The van der Waals surface area contributed by atoms with Crippen LogP contribution in [0.4, 0.5) is 0 Å². The molecule has 0 saturated carbocycles. The van der Waals surface area contributed by atoms with Crippen LogP contribution in [0.5, 0.6) is 0 Å². The fourth-order valence-electron chi connectivity index (χ4n) is 1.67. The summed E-state index contributed by atoms with van der Waals surface area (Å²) in [7, 11) is 0. The fraction of sp³-hybridized carbons (Fsp3) is 0.455. The molecule has 0 aliphatic carbocycles. The predicted molar refractivity (Wildman–Crippen MR) is 61.0 cm³/mol. The van der Waals surface area contributed by atoms with Crippen LogP contribution in [0.3, 0.4) is 0 Å². The number of carbonyl (C=O) groups is 2. The summed E-state index contributed by atoms with van der Waals surface area (Å²) in [4.78, 5) is 31.4. The van der Waals surface area contributed by atoms with E-state index < -0.39 is 18.1 Å². The van der Waals surface area contributed by atoms with Crippen molar-refractivity contribution in [2.75, 3.05) is 13.2 Å². The van der Waals surface area contributed by atoms with E-state index in [-0.39, 0.29) is 19.1 Å². The molecular weight excluding hydrogens is 236 g/mol. The van der Waals surface area contributed by atoms with Gasteiger partial charge in [-0.05, 0) is 13.0 Å². The summed E-state index contributed by atoms with van der Waals surface area (Å²) >= 11 is 0. The van der Waals surface area contributed by atoms with Crippen LogP contribution in [-0.4, -0.2) is 35.0 Å². The lowest BCUT2D eigenvalue weighted by Crippen LogP contribution is -2.53. The van der Waals surface area contributed by atoms with Gasteiger partial charge in [-0.15, -0.1) is 0 Å². The Labute approximate surface area is 104 Å². The first kappa shape index (κ1) is 12.4. The van der Waals surface area contributed by atoms with Crippen molar-refractivity contribution in [2.45, 2.75) is 13.1 Å². The van der Waals surface area contributed by atoms with E-state index in [1.807, 2.05) is 0 Å². The molecule has 1 aliphatic heterocycles. The molecule has 2 rings (SSSR count). The van der Waals surface area contributed by atoms with Gasteiger partial charge in [-0.3, -0.25) is 14.9 Å². The van der Waals surface area contributed by atoms with Crippen molar-refractivity contribution in [1.29, 1.82) is 0 Å². The Balaban J connectivity index is 2.00. The molecule has 2 heterocycles.